The van der Waals surface area contributed by atoms with Crippen molar-refractivity contribution in [1.29, 1.82) is 5.26 Å². The van der Waals surface area contributed by atoms with Crippen LogP contribution in [0.25, 0.3) is 0 Å². The van der Waals surface area contributed by atoms with E-state index in [0.717, 1.165) is 16.7 Å². The van der Waals surface area contributed by atoms with Gasteiger partial charge in [-0.3, -0.25) is 4.79 Å². The van der Waals surface area contributed by atoms with Gasteiger partial charge in [0.05, 0.1) is 12.7 Å². The Morgan fingerprint density at radius 3 is 2.44 bits per heavy atom. The molecule has 0 aliphatic carbocycles. The normalized spacial score (nSPS) is 11.7. The molecule has 0 spiro atoms. The Morgan fingerprint density at radius 2 is 2.00 bits per heavy atom. The van der Waals surface area contributed by atoms with Crippen LogP contribution in [-0.4, -0.2) is 17.7 Å². The fourth-order valence-electron chi connectivity index (χ4n) is 1.92. The van der Waals surface area contributed by atoms with Crippen molar-refractivity contribution >= 4 is 5.97 Å². The van der Waals surface area contributed by atoms with Crippen molar-refractivity contribution < 1.29 is 14.6 Å². The van der Waals surface area contributed by atoms with Crippen molar-refractivity contribution in [1.82, 2.24) is 0 Å². The maximum Gasteiger partial charge on any atom is 0.323 e. The molecule has 0 aliphatic rings. The standard InChI is InChI=1S/C14H17NO3/c1-4-18-14(17)11(8-15)7-13-9(2)5-12(16)6-10(13)3/h5-6,11,16H,4,7H2,1-3H3. The molecule has 0 radical (unpaired) electrons. The van der Waals surface area contributed by atoms with Crippen LogP contribution in [0.3, 0.4) is 0 Å². The summed E-state index contributed by atoms with van der Waals surface area (Å²) in [5, 5.41) is 18.5. The number of carbonyl (C=O) groups is 1. The zero-order valence-electron chi connectivity index (χ0n) is 10.9. The molecule has 0 fully saturated rings. The molecule has 96 valence electrons. The molecule has 0 saturated carbocycles. The summed E-state index contributed by atoms with van der Waals surface area (Å²) >= 11 is 0. The molecule has 1 unspecified atom stereocenters. The van der Waals surface area contributed by atoms with E-state index in [-0.39, 0.29) is 12.4 Å². The molecular weight excluding hydrogens is 230 g/mol. The second-order valence-corrected chi connectivity index (χ2v) is 4.20. The zero-order valence-corrected chi connectivity index (χ0v) is 10.9. The molecule has 0 bridgehead atoms. The van der Waals surface area contributed by atoms with Gasteiger partial charge in [-0.25, -0.2) is 0 Å². The molecule has 1 atom stereocenters. The highest BCUT2D eigenvalue weighted by molar-refractivity contribution is 5.75. The van der Waals surface area contributed by atoms with Crippen LogP contribution in [0.2, 0.25) is 0 Å². The van der Waals surface area contributed by atoms with Gasteiger partial charge in [0.25, 0.3) is 0 Å². The Labute approximate surface area is 107 Å². The van der Waals surface area contributed by atoms with E-state index in [1.54, 1.807) is 19.1 Å². The van der Waals surface area contributed by atoms with Crippen LogP contribution in [0, 0.1) is 31.1 Å². The highest BCUT2D eigenvalue weighted by atomic mass is 16.5. The number of hydrogen-bond donors (Lipinski definition) is 1. The topological polar surface area (TPSA) is 70.3 Å². The fourth-order valence-corrected chi connectivity index (χ4v) is 1.92. The second-order valence-electron chi connectivity index (χ2n) is 4.20. The summed E-state index contributed by atoms with van der Waals surface area (Å²) in [7, 11) is 0. The summed E-state index contributed by atoms with van der Waals surface area (Å²) < 4.78 is 4.86. The number of rotatable bonds is 4. The molecule has 1 aromatic carbocycles. The van der Waals surface area contributed by atoms with Gasteiger partial charge < -0.3 is 9.84 Å². The first-order valence-corrected chi connectivity index (χ1v) is 5.85. The number of nitrogens with zero attached hydrogens (tertiary/aromatic N) is 1. The van der Waals surface area contributed by atoms with Gasteiger partial charge in [-0.1, -0.05) is 0 Å². The van der Waals surface area contributed by atoms with Crippen LogP contribution in [0.5, 0.6) is 5.75 Å². The minimum Gasteiger partial charge on any atom is -0.508 e. The molecule has 4 nitrogen and oxygen atoms in total. The number of nitriles is 1. The summed E-state index contributed by atoms with van der Waals surface area (Å²) in [6.45, 7) is 5.68. The summed E-state index contributed by atoms with van der Waals surface area (Å²) in [5.41, 5.74) is 2.65. The number of aromatic hydroxyl groups is 1. The highest BCUT2D eigenvalue weighted by Crippen LogP contribution is 2.23. The smallest absolute Gasteiger partial charge is 0.323 e. The van der Waals surface area contributed by atoms with Crippen molar-refractivity contribution in [3.63, 3.8) is 0 Å². The van der Waals surface area contributed by atoms with E-state index in [0.29, 0.717) is 6.42 Å². The molecule has 1 rings (SSSR count). The summed E-state index contributed by atoms with van der Waals surface area (Å²) in [6.07, 6.45) is 0.313. The van der Waals surface area contributed by atoms with Gasteiger partial charge >= 0.3 is 5.97 Å². The third-order valence-electron chi connectivity index (χ3n) is 2.82. The molecule has 0 aliphatic heterocycles. The molecule has 0 saturated heterocycles. The number of carbonyl (C=O) groups excluding carboxylic acids is 1. The Hall–Kier alpha value is -2.02. The van der Waals surface area contributed by atoms with E-state index in [1.807, 2.05) is 19.9 Å². The van der Waals surface area contributed by atoms with Crippen molar-refractivity contribution in [2.75, 3.05) is 6.61 Å². The summed E-state index contributed by atoms with van der Waals surface area (Å²) in [5.74, 6) is -1.10. The molecule has 1 aromatic rings. The van der Waals surface area contributed by atoms with Gasteiger partial charge in [0.1, 0.15) is 11.7 Å². The lowest BCUT2D eigenvalue weighted by atomic mass is 9.93. The van der Waals surface area contributed by atoms with Gasteiger partial charge in [0.2, 0.25) is 0 Å². The van der Waals surface area contributed by atoms with Crippen molar-refractivity contribution in [2.24, 2.45) is 5.92 Å². The molecule has 0 amide bonds. The van der Waals surface area contributed by atoms with E-state index in [1.165, 1.54) is 0 Å². The number of esters is 1. The van der Waals surface area contributed by atoms with Crippen LogP contribution < -0.4 is 0 Å². The Balaban J connectivity index is 2.96. The molecule has 0 heterocycles. The van der Waals surface area contributed by atoms with Crippen molar-refractivity contribution in [2.45, 2.75) is 27.2 Å². The number of phenolic OH excluding ortho intramolecular Hbond substituents is 1. The minimum absolute atomic E-state index is 0.193. The van der Waals surface area contributed by atoms with Crippen molar-refractivity contribution in [3.8, 4) is 11.8 Å². The van der Waals surface area contributed by atoms with Crippen LogP contribution in [0.15, 0.2) is 12.1 Å². The van der Waals surface area contributed by atoms with Gasteiger partial charge in [-0.15, -0.1) is 0 Å². The third kappa shape index (κ3) is 3.24. The van der Waals surface area contributed by atoms with Gasteiger partial charge in [0.15, 0.2) is 0 Å². The van der Waals surface area contributed by atoms with E-state index in [4.69, 9.17) is 10.00 Å². The van der Waals surface area contributed by atoms with Crippen LogP contribution in [0.4, 0.5) is 0 Å². The summed E-state index contributed by atoms with van der Waals surface area (Å²) in [4.78, 5) is 11.6. The fraction of sp³-hybridized carbons (Fsp3) is 0.429. The van der Waals surface area contributed by atoms with Gasteiger partial charge in [0, 0.05) is 0 Å². The first kappa shape index (κ1) is 14.0. The maximum absolute atomic E-state index is 11.6. The lowest BCUT2D eigenvalue weighted by Gasteiger charge is -2.13. The average Bonchev–Trinajstić information content (AvgIpc) is 2.28. The number of phenols is 1. The quantitative estimate of drug-likeness (QED) is 0.828. The first-order chi connectivity index (χ1) is 8.49. The number of hydrogen-bond acceptors (Lipinski definition) is 4. The lowest BCUT2D eigenvalue weighted by molar-refractivity contribution is -0.145. The highest BCUT2D eigenvalue weighted by Gasteiger charge is 2.21. The molecule has 0 aromatic heterocycles. The van der Waals surface area contributed by atoms with Crippen LogP contribution in [0.1, 0.15) is 23.6 Å². The van der Waals surface area contributed by atoms with E-state index >= 15 is 0 Å². The van der Waals surface area contributed by atoms with Crippen LogP contribution >= 0.6 is 0 Å². The van der Waals surface area contributed by atoms with E-state index in [9.17, 15) is 9.90 Å². The number of aryl methyl sites for hydroxylation is 2. The monoisotopic (exact) mass is 247 g/mol. The predicted octanol–water partition coefficient (Wildman–Crippen LogP) is 2.25. The van der Waals surface area contributed by atoms with E-state index in [2.05, 4.69) is 0 Å². The molecular formula is C14H17NO3. The number of benzene rings is 1. The van der Waals surface area contributed by atoms with E-state index < -0.39 is 11.9 Å². The maximum atomic E-state index is 11.6. The zero-order chi connectivity index (χ0) is 13.7. The first-order valence-electron chi connectivity index (χ1n) is 5.85. The molecule has 4 heteroatoms. The summed E-state index contributed by atoms with van der Waals surface area (Å²) in [6, 6.07) is 5.22. The average molecular weight is 247 g/mol. The minimum atomic E-state index is -0.799. The number of ether oxygens (including phenoxy) is 1. The van der Waals surface area contributed by atoms with Crippen molar-refractivity contribution in [3.05, 3.63) is 28.8 Å². The largest absolute Gasteiger partial charge is 0.508 e. The SMILES string of the molecule is CCOC(=O)C(C#N)Cc1c(C)cc(O)cc1C. The third-order valence-corrected chi connectivity index (χ3v) is 2.82. The predicted molar refractivity (Wildman–Crippen MR) is 67.0 cm³/mol. The molecule has 18 heavy (non-hydrogen) atoms. The van der Waals surface area contributed by atoms with Gasteiger partial charge in [-0.2, -0.15) is 5.26 Å². The Bertz CT molecular complexity index is 465. The second kappa shape index (κ2) is 6.06. The van der Waals surface area contributed by atoms with Gasteiger partial charge in [-0.05, 0) is 56.0 Å². The Kier molecular flexibility index (Phi) is 4.73. The molecule has 1 N–H and O–H groups in total. The van der Waals surface area contributed by atoms with Crippen LogP contribution in [-0.2, 0) is 16.0 Å². The Morgan fingerprint density at radius 1 is 1.44 bits per heavy atom. The lowest BCUT2D eigenvalue weighted by Crippen LogP contribution is -2.19.